The monoisotopic (exact) mass is 318 g/mol. The fourth-order valence-corrected chi connectivity index (χ4v) is 3.74. The van der Waals surface area contributed by atoms with Crippen LogP contribution in [0.25, 0.3) is 0 Å². The number of benzene rings is 1. The molecule has 0 spiro atoms. The van der Waals surface area contributed by atoms with Gasteiger partial charge in [-0.05, 0) is 49.7 Å². The molecule has 1 aromatic rings. The molecule has 1 fully saturated rings. The highest BCUT2D eigenvalue weighted by molar-refractivity contribution is 5.92. The van der Waals surface area contributed by atoms with Gasteiger partial charge in [0, 0.05) is 16.9 Å². The van der Waals surface area contributed by atoms with Crippen LogP contribution in [0.3, 0.4) is 0 Å². The molecule has 2 rings (SSSR count). The van der Waals surface area contributed by atoms with Gasteiger partial charge in [0.15, 0.2) is 0 Å². The van der Waals surface area contributed by atoms with Crippen molar-refractivity contribution in [3.05, 3.63) is 23.3 Å². The number of ether oxygens (including phenoxy) is 1. The van der Waals surface area contributed by atoms with Crippen molar-refractivity contribution < 1.29 is 9.53 Å². The highest BCUT2D eigenvalue weighted by Gasteiger charge is 2.27. The van der Waals surface area contributed by atoms with Gasteiger partial charge in [0.2, 0.25) is 0 Å². The van der Waals surface area contributed by atoms with E-state index < -0.39 is 0 Å². The summed E-state index contributed by atoms with van der Waals surface area (Å²) >= 11 is 0. The van der Waals surface area contributed by atoms with Crippen LogP contribution in [0.15, 0.2) is 12.1 Å². The molecule has 1 aliphatic rings. The Morgan fingerprint density at radius 1 is 1.17 bits per heavy atom. The second-order valence-corrected chi connectivity index (χ2v) is 7.33. The summed E-state index contributed by atoms with van der Waals surface area (Å²) in [6, 6.07) is 3.43. The third-order valence-corrected chi connectivity index (χ3v) is 4.81. The molecule has 23 heavy (non-hydrogen) atoms. The minimum Gasteiger partial charge on any atom is -0.459 e. The molecule has 0 saturated heterocycles. The smallest absolute Gasteiger partial charge is 0.338 e. The van der Waals surface area contributed by atoms with E-state index in [2.05, 4.69) is 20.8 Å². The van der Waals surface area contributed by atoms with Crippen molar-refractivity contribution >= 4 is 17.3 Å². The van der Waals surface area contributed by atoms with Crippen LogP contribution in [0.2, 0.25) is 0 Å². The summed E-state index contributed by atoms with van der Waals surface area (Å²) in [5.74, 6) is -0.310. The number of hydrogen-bond donors (Lipinski definition) is 2. The van der Waals surface area contributed by atoms with E-state index in [1.807, 2.05) is 0 Å². The van der Waals surface area contributed by atoms with Gasteiger partial charge in [-0.3, -0.25) is 0 Å². The molecule has 128 valence electrons. The number of nitrogen functional groups attached to an aromatic ring is 2. The molecule has 0 aliphatic heterocycles. The Kier molecular flexibility index (Phi) is 5.55. The maximum Gasteiger partial charge on any atom is 0.338 e. The van der Waals surface area contributed by atoms with Gasteiger partial charge in [-0.1, -0.05) is 33.6 Å². The fraction of sp³-hybridized carbons (Fsp3) is 0.632. The average Bonchev–Trinajstić information content (AvgIpc) is 2.47. The normalized spacial score (nSPS) is 16.3. The van der Waals surface area contributed by atoms with Gasteiger partial charge in [-0.15, -0.1) is 0 Å². The summed E-state index contributed by atoms with van der Waals surface area (Å²) in [6.45, 7) is 6.42. The SMILES string of the molecule is CCCC(C)(C)c1c(N)cc(C(=O)OC2CCCCC2)cc1N. The molecule has 1 aromatic carbocycles. The molecule has 1 aliphatic carbocycles. The predicted molar refractivity (Wildman–Crippen MR) is 95.5 cm³/mol. The topological polar surface area (TPSA) is 78.3 Å². The summed E-state index contributed by atoms with van der Waals surface area (Å²) in [7, 11) is 0. The Bertz CT molecular complexity index is 537. The summed E-state index contributed by atoms with van der Waals surface area (Å²) in [6.07, 6.45) is 7.49. The number of carbonyl (C=O) groups excluding carboxylic acids is 1. The van der Waals surface area contributed by atoms with E-state index in [1.165, 1.54) is 6.42 Å². The van der Waals surface area contributed by atoms with Crippen LogP contribution >= 0.6 is 0 Å². The number of carbonyl (C=O) groups is 1. The van der Waals surface area contributed by atoms with E-state index in [-0.39, 0.29) is 17.5 Å². The van der Waals surface area contributed by atoms with E-state index in [1.54, 1.807) is 12.1 Å². The quantitative estimate of drug-likeness (QED) is 0.622. The number of hydrogen-bond acceptors (Lipinski definition) is 4. The summed E-state index contributed by atoms with van der Waals surface area (Å²) in [5, 5.41) is 0. The predicted octanol–water partition coefficient (Wildman–Crippen LogP) is 4.42. The average molecular weight is 318 g/mol. The van der Waals surface area contributed by atoms with Gasteiger partial charge >= 0.3 is 5.97 Å². The summed E-state index contributed by atoms with van der Waals surface area (Å²) < 4.78 is 5.61. The molecule has 4 N–H and O–H groups in total. The maximum atomic E-state index is 12.4. The van der Waals surface area contributed by atoms with Crippen molar-refractivity contribution in [2.24, 2.45) is 0 Å². The first-order valence-electron chi connectivity index (χ1n) is 8.75. The van der Waals surface area contributed by atoms with Crippen LogP contribution in [0.4, 0.5) is 11.4 Å². The molecule has 0 amide bonds. The molecule has 0 heterocycles. The molecule has 0 unspecified atom stereocenters. The van der Waals surface area contributed by atoms with Gasteiger partial charge in [0.1, 0.15) is 6.10 Å². The second kappa shape index (κ2) is 7.24. The van der Waals surface area contributed by atoms with Gasteiger partial charge in [-0.2, -0.15) is 0 Å². The Morgan fingerprint density at radius 3 is 2.26 bits per heavy atom. The van der Waals surface area contributed by atoms with E-state index in [9.17, 15) is 4.79 Å². The maximum absolute atomic E-state index is 12.4. The van der Waals surface area contributed by atoms with E-state index in [0.717, 1.165) is 44.1 Å². The Morgan fingerprint density at radius 2 is 1.74 bits per heavy atom. The lowest BCUT2D eigenvalue weighted by Crippen LogP contribution is -2.23. The second-order valence-electron chi connectivity index (χ2n) is 7.33. The number of esters is 1. The van der Waals surface area contributed by atoms with Crippen molar-refractivity contribution in [1.82, 2.24) is 0 Å². The van der Waals surface area contributed by atoms with Crippen LogP contribution in [-0.4, -0.2) is 12.1 Å². The summed E-state index contributed by atoms with van der Waals surface area (Å²) in [4.78, 5) is 12.4. The highest BCUT2D eigenvalue weighted by atomic mass is 16.5. The lowest BCUT2D eigenvalue weighted by Gasteiger charge is -2.28. The standard InChI is InChI=1S/C19H30N2O2/c1-4-10-19(2,3)17-15(20)11-13(12-16(17)21)18(22)23-14-8-6-5-7-9-14/h11-12,14H,4-10,20-21H2,1-3H3. The van der Waals surface area contributed by atoms with Crippen molar-refractivity contribution in [3.63, 3.8) is 0 Å². The Labute approximate surface area is 139 Å². The Hall–Kier alpha value is -1.71. The van der Waals surface area contributed by atoms with Crippen LogP contribution in [0.1, 0.15) is 81.6 Å². The van der Waals surface area contributed by atoms with Crippen LogP contribution in [0, 0.1) is 0 Å². The lowest BCUT2D eigenvalue weighted by atomic mass is 9.78. The van der Waals surface area contributed by atoms with Crippen molar-refractivity contribution in [2.45, 2.75) is 77.2 Å². The Balaban J connectivity index is 2.20. The molecule has 0 bridgehead atoms. The molecule has 4 nitrogen and oxygen atoms in total. The fourth-order valence-electron chi connectivity index (χ4n) is 3.74. The van der Waals surface area contributed by atoms with Gasteiger partial charge in [0.05, 0.1) is 5.56 Å². The first-order chi connectivity index (χ1) is 10.8. The van der Waals surface area contributed by atoms with E-state index in [4.69, 9.17) is 16.2 Å². The molecule has 0 aromatic heterocycles. The van der Waals surface area contributed by atoms with Crippen LogP contribution in [-0.2, 0) is 10.2 Å². The zero-order valence-corrected chi connectivity index (χ0v) is 14.7. The van der Waals surface area contributed by atoms with Gasteiger partial charge in [0.25, 0.3) is 0 Å². The number of rotatable bonds is 5. The first-order valence-corrected chi connectivity index (χ1v) is 8.75. The highest BCUT2D eigenvalue weighted by Crippen LogP contribution is 2.37. The zero-order valence-electron chi connectivity index (χ0n) is 14.7. The third kappa shape index (κ3) is 4.18. The van der Waals surface area contributed by atoms with Crippen molar-refractivity contribution in [2.75, 3.05) is 11.5 Å². The molecule has 0 radical (unpaired) electrons. The minimum atomic E-state index is -0.310. The van der Waals surface area contributed by atoms with Crippen LogP contribution in [0.5, 0.6) is 0 Å². The molecular weight excluding hydrogens is 288 g/mol. The summed E-state index contributed by atoms with van der Waals surface area (Å²) in [5.41, 5.74) is 14.9. The molecule has 0 atom stereocenters. The van der Waals surface area contributed by atoms with Gasteiger partial charge in [-0.25, -0.2) is 4.79 Å². The number of nitrogens with two attached hydrogens (primary N) is 2. The molecule has 4 heteroatoms. The van der Waals surface area contributed by atoms with Gasteiger partial charge < -0.3 is 16.2 Å². The molecule has 1 saturated carbocycles. The third-order valence-electron chi connectivity index (χ3n) is 4.81. The first kappa shape index (κ1) is 17.6. The minimum absolute atomic E-state index is 0.0370. The van der Waals surface area contributed by atoms with Crippen molar-refractivity contribution in [1.29, 1.82) is 0 Å². The largest absolute Gasteiger partial charge is 0.459 e. The van der Waals surface area contributed by atoms with E-state index in [0.29, 0.717) is 16.9 Å². The number of anilines is 2. The lowest BCUT2D eigenvalue weighted by molar-refractivity contribution is 0.0211. The zero-order chi connectivity index (χ0) is 17.0. The molecular formula is C19H30N2O2. The van der Waals surface area contributed by atoms with Crippen molar-refractivity contribution in [3.8, 4) is 0 Å². The van der Waals surface area contributed by atoms with Crippen LogP contribution < -0.4 is 11.5 Å². The van der Waals surface area contributed by atoms with E-state index >= 15 is 0 Å².